The Morgan fingerprint density at radius 2 is 1.87 bits per heavy atom. The molecule has 158 valence electrons. The van der Waals surface area contributed by atoms with Crippen LogP contribution in [0.4, 0.5) is 10.1 Å². The standard InChI is InChI=1S/C22H23FN2O5/c23-15-6-3-5-14(10-15)22(29)24-12-18-21(28)20(27)17(30-18)11-19(26)25-9-8-13-4-1-2-7-16(13)25/h1-7,10,17-18,20-21,27-28H,8-9,11-12H2,(H,24,29). The molecule has 7 nitrogen and oxygen atoms in total. The van der Waals surface area contributed by atoms with Crippen molar-refractivity contribution in [1.82, 2.24) is 5.32 Å². The maximum Gasteiger partial charge on any atom is 0.251 e. The summed E-state index contributed by atoms with van der Waals surface area (Å²) in [4.78, 5) is 26.6. The minimum atomic E-state index is -1.25. The third kappa shape index (κ3) is 4.07. The molecule has 8 heteroatoms. The van der Waals surface area contributed by atoms with Gasteiger partial charge in [-0.15, -0.1) is 0 Å². The number of carbonyl (C=O) groups excluding carboxylic acids is 2. The Balaban J connectivity index is 1.34. The van der Waals surface area contributed by atoms with Gasteiger partial charge < -0.3 is 25.2 Å². The first kappa shape index (κ1) is 20.5. The Labute approximate surface area is 173 Å². The lowest BCUT2D eigenvalue weighted by Crippen LogP contribution is -2.40. The second-order valence-corrected chi connectivity index (χ2v) is 7.54. The fourth-order valence-corrected chi connectivity index (χ4v) is 3.97. The summed E-state index contributed by atoms with van der Waals surface area (Å²) in [5.41, 5.74) is 2.09. The van der Waals surface area contributed by atoms with Crippen molar-refractivity contribution < 1.29 is 28.9 Å². The van der Waals surface area contributed by atoms with Gasteiger partial charge in [-0.2, -0.15) is 0 Å². The van der Waals surface area contributed by atoms with Crippen molar-refractivity contribution in [3.63, 3.8) is 0 Å². The highest BCUT2D eigenvalue weighted by molar-refractivity contribution is 5.96. The number of nitrogens with zero attached hydrogens (tertiary/aromatic N) is 1. The van der Waals surface area contributed by atoms with E-state index in [4.69, 9.17) is 4.74 Å². The zero-order chi connectivity index (χ0) is 21.3. The molecule has 2 aromatic rings. The Kier molecular flexibility index (Phi) is 5.80. The number of rotatable bonds is 5. The summed E-state index contributed by atoms with van der Waals surface area (Å²) < 4.78 is 18.9. The van der Waals surface area contributed by atoms with Gasteiger partial charge in [0.15, 0.2) is 0 Å². The molecule has 2 aliphatic rings. The lowest BCUT2D eigenvalue weighted by atomic mass is 10.0. The molecular formula is C22H23FN2O5. The molecule has 30 heavy (non-hydrogen) atoms. The maximum atomic E-state index is 13.3. The van der Waals surface area contributed by atoms with Gasteiger partial charge in [0.2, 0.25) is 5.91 Å². The van der Waals surface area contributed by atoms with Crippen LogP contribution in [0.15, 0.2) is 48.5 Å². The first-order chi connectivity index (χ1) is 14.4. The fourth-order valence-electron chi connectivity index (χ4n) is 3.97. The van der Waals surface area contributed by atoms with Gasteiger partial charge in [0.25, 0.3) is 5.91 Å². The number of hydrogen-bond acceptors (Lipinski definition) is 5. The van der Waals surface area contributed by atoms with Crippen LogP contribution in [0.25, 0.3) is 0 Å². The second kappa shape index (κ2) is 8.51. The van der Waals surface area contributed by atoms with E-state index in [1.54, 1.807) is 4.90 Å². The average molecular weight is 414 g/mol. The van der Waals surface area contributed by atoms with Gasteiger partial charge in [0.1, 0.15) is 24.1 Å². The molecule has 2 heterocycles. The van der Waals surface area contributed by atoms with Gasteiger partial charge in [-0.3, -0.25) is 9.59 Å². The van der Waals surface area contributed by atoms with Gasteiger partial charge in [0, 0.05) is 24.3 Å². The lowest BCUT2D eigenvalue weighted by Gasteiger charge is -2.21. The molecule has 4 unspecified atom stereocenters. The Morgan fingerprint density at radius 1 is 1.10 bits per heavy atom. The summed E-state index contributed by atoms with van der Waals surface area (Å²) >= 11 is 0. The average Bonchev–Trinajstić information content (AvgIpc) is 3.29. The number of fused-ring (bicyclic) bond motifs is 1. The van der Waals surface area contributed by atoms with Crippen LogP contribution in [0.5, 0.6) is 0 Å². The molecular weight excluding hydrogens is 391 g/mol. The quantitative estimate of drug-likeness (QED) is 0.679. The minimum Gasteiger partial charge on any atom is -0.388 e. The van der Waals surface area contributed by atoms with Crippen molar-refractivity contribution in [3.8, 4) is 0 Å². The number of amides is 2. The van der Waals surface area contributed by atoms with Crippen LogP contribution in [-0.4, -0.2) is 59.5 Å². The van der Waals surface area contributed by atoms with Gasteiger partial charge in [-0.05, 0) is 36.2 Å². The molecule has 2 amide bonds. The molecule has 0 radical (unpaired) electrons. The van der Waals surface area contributed by atoms with Crippen molar-refractivity contribution >= 4 is 17.5 Å². The molecule has 2 aliphatic heterocycles. The second-order valence-electron chi connectivity index (χ2n) is 7.54. The highest BCUT2D eigenvalue weighted by atomic mass is 19.1. The molecule has 0 aromatic heterocycles. The van der Waals surface area contributed by atoms with Crippen LogP contribution in [0.1, 0.15) is 22.3 Å². The van der Waals surface area contributed by atoms with E-state index in [9.17, 15) is 24.2 Å². The molecule has 0 aliphatic carbocycles. The normalized spacial score (nSPS) is 25.2. The number of para-hydroxylation sites is 1. The number of hydrogen-bond donors (Lipinski definition) is 3. The van der Waals surface area contributed by atoms with E-state index in [1.807, 2.05) is 24.3 Å². The first-order valence-corrected chi connectivity index (χ1v) is 9.87. The highest BCUT2D eigenvalue weighted by Gasteiger charge is 2.44. The number of ether oxygens (including phenoxy) is 1. The Bertz CT molecular complexity index is 953. The molecule has 1 saturated heterocycles. The number of anilines is 1. The molecule has 1 fully saturated rings. The largest absolute Gasteiger partial charge is 0.388 e. The van der Waals surface area contributed by atoms with Crippen LogP contribution in [0.2, 0.25) is 0 Å². The number of aliphatic hydroxyl groups is 2. The van der Waals surface area contributed by atoms with Crippen LogP contribution in [0, 0.1) is 5.82 Å². The monoisotopic (exact) mass is 414 g/mol. The lowest BCUT2D eigenvalue weighted by molar-refractivity contribution is -0.122. The topological polar surface area (TPSA) is 99.1 Å². The van der Waals surface area contributed by atoms with Crippen molar-refractivity contribution in [3.05, 3.63) is 65.5 Å². The molecule has 2 aromatic carbocycles. The van der Waals surface area contributed by atoms with E-state index in [0.717, 1.165) is 23.7 Å². The van der Waals surface area contributed by atoms with Gasteiger partial charge >= 0.3 is 0 Å². The number of nitrogens with one attached hydrogen (secondary N) is 1. The Morgan fingerprint density at radius 3 is 2.67 bits per heavy atom. The zero-order valence-corrected chi connectivity index (χ0v) is 16.2. The van der Waals surface area contributed by atoms with Crippen LogP contribution < -0.4 is 10.2 Å². The SMILES string of the molecule is O=C(NCC1OC(CC(=O)N2CCc3ccccc32)C(O)C1O)c1cccc(F)c1. The molecule has 3 N–H and O–H groups in total. The third-order valence-corrected chi connectivity index (χ3v) is 5.58. The number of halogens is 1. The van der Waals surface area contributed by atoms with Crippen molar-refractivity contribution in [1.29, 1.82) is 0 Å². The van der Waals surface area contributed by atoms with Gasteiger partial charge in [-0.1, -0.05) is 24.3 Å². The summed E-state index contributed by atoms with van der Waals surface area (Å²) in [5, 5.41) is 23.2. The van der Waals surface area contributed by atoms with Crippen molar-refractivity contribution in [2.45, 2.75) is 37.3 Å². The predicted molar refractivity (Wildman–Crippen MR) is 107 cm³/mol. The van der Waals surface area contributed by atoms with E-state index in [-0.39, 0.29) is 24.4 Å². The van der Waals surface area contributed by atoms with Gasteiger partial charge in [0.05, 0.1) is 12.5 Å². The van der Waals surface area contributed by atoms with Crippen LogP contribution in [0.3, 0.4) is 0 Å². The minimum absolute atomic E-state index is 0.0786. The van der Waals surface area contributed by atoms with Crippen LogP contribution in [-0.2, 0) is 16.0 Å². The zero-order valence-electron chi connectivity index (χ0n) is 16.2. The molecule has 0 saturated carbocycles. The molecule has 4 rings (SSSR count). The number of benzene rings is 2. The molecule has 4 atom stereocenters. The van der Waals surface area contributed by atoms with E-state index in [0.29, 0.717) is 6.54 Å². The van der Waals surface area contributed by atoms with E-state index in [1.165, 1.54) is 18.2 Å². The summed E-state index contributed by atoms with van der Waals surface area (Å²) in [6.45, 7) is 0.488. The van der Waals surface area contributed by atoms with E-state index >= 15 is 0 Å². The van der Waals surface area contributed by atoms with E-state index < -0.39 is 36.1 Å². The number of aliphatic hydroxyl groups excluding tert-OH is 2. The predicted octanol–water partition coefficient (Wildman–Crippen LogP) is 1.02. The number of carbonyl (C=O) groups is 2. The van der Waals surface area contributed by atoms with E-state index in [2.05, 4.69) is 5.32 Å². The molecule has 0 spiro atoms. The first-order valence-electron chi connectivity index (χ1n) is 9.87. The van der Waals surface area contributed by atoms with Crippen LogP contribution >= 0.6 is 0 Å². The smallest absolute Gasteiger partial charge is 0.251 e. The fraction of sp³-hybridized carbons (Fsp3) is 0.364. The Hall–Kier alpha value is -2.81. The summed E-state index contributed by atoms with van der Waals surface area (Å²) in [6.07, 6.45) is -3.56. The van der Waals surface area contributed by atoms with Crippen molar-refractivity contribution in [2.75, 3.05) is 18.0 Å². The summed E-state index contributed by atoms with van der Waals surface area (Å²) in [5.74, 6) is -1.24. The summed E-state index contributed by atoms with van der Waals surface area (Å²) in [7, 11) is 0. The van der Waals surface area contributed by atoms with Crippen molar-refractivity contribution in [2.24, 2.45) is 0 Å². The highest BCUT2D eigenvalue weighted by Crippen LogP contribution is 2.30. The maximum absolute atomic E-state index is 13.3. The third-order valence-electron chi connectivity index (χ3n) is 5.58. The van der Waals surface area contributed by atoms with Gasteiger partial charge in [-0.25, -0.2) is 4.39 Å². The molecule has 0 bridgehead atoms. The summed E-state index contributed by atoms with van der Waals surface area (Å²) in [6, 6.07) is 12.9.